The normalized spacial score (nSPS) is 26.3. The van der Waals surface area contributed by atoms with Crippen LogP contribution >= 0.6 is 0 Å². The standard InChI is InChI=1S/C18H25NO3/c1-14(22-13-16-9-6-12-21-16)18(20)19-11-5-10-17(19)15-7-3-2-4-8-15/h2-4,7-8,14,16-17H,5-6,9-13H2,1H3/t14-,16-,17-/m0/s1. The van der Waals surface area contributed by atoms with Crippen LogP contribution in [0.5, 0.6) is 0 Å². The SMILES string of the molecule is C[C@H](OC[C@@H]1CCCO1)C(=O)N1CCC[C@H]1c1ccccc1. The van der Waals surface area contributed by atoms with Crippen molar-refractivity contribution in [1.29, 1.82) is 0 Å². The second-order valence-electron chi connectivity index (χ2n) is 6.21. The number of hydrogen-bond donors (Lipinski definition) is 0. The van der Waals surface area contributed by atoms with Crippen LogP contribution in [0.3, 0.4) is 0 Å². The van der Waals surface area contributed by atoms with E-state index in [1.165, 1.54) is 5.56 Å². The van der Waals surface area contributed by atoms with Gasteiger partial charge < -0.3 is 14.4 Å². The summed E-state index contributed by atoms with van der Waals surface area (Å²) in [5.74, 6) is 0.101. The Morgan fingerprint density at radius 3 is 2.86 bits per heavy atom. The van der Waals surface area contributed by atoms with Gasteiger partial charge in [0.15, 0.2) is 0 Å². The maximum atomic E-state index is 12.7. The molecule has 1 aromatic rings. The van der Waals surface area contributed by atoms with Gasteiger partial charge in [-0.15, -0.1) is 0 Å². The predicted molar refractivity (Wildman–Crippen MR) is 84.5 cm³/mol. The van der Waals surface area contributed by atoms with Gasteiger partial charge in [0.1, 0.15) is 6.10 Å². The van der Waals surface area contributed by atoms with Gasteiger partial charge in [0.05, 0.1) is 18.8 Å². The van der Waals surface area contributed by atoms with Crippen LogP contribution in [0.4, 0.5) is 0 Å². The molecule has 0 radical (unpaired) electrons. The van der Waals surface area contributed by atoms with Gasteiger partial charge in [-0.05, 0) is 38.2 Å². The first-order chi connectivity index (χ1) is 10.8. The third-order valence-corrected chi connectivity index (χ3v) is 4.62. The Kier molecular flexibility index (Phi) is 5.11. The molecule has 0 aromatic heterocycles. The quantitative estimate of drug-likeness (QED) is 0.839. The molecule has 3 rings (SSSR count). The number of rotatable bonds is 5. The third kappa shape index (κ3) is 3.50. The van der Waals surface area contributed by atoms with Crippen molar-refractivity contribution in [2.45, 2.75) is 50.9 Å². The fourth-order valence-electron chi connectivity index (χ4n) is 3.38. The maximum absolute atomic E-state index is 12.7. The smallest absolute Gasteiger partial charge is 0.251 e. The molecule has 2 heterocycles. The highest BCUT2D eigenvalue weighted by molar-refractivity contribution is 5.81. The highest BCUT2D eigenvalue weighted by Crippen LogP contribution is 2.32. The minimum atomic E-state index is -0.395. The van der Waals surface area contributed by atoms with Gasteiger partial charge in [-0.3, -0.25) is 4.79 Å². The number of likely N-dealkylation sites (tertiary alicyclic amines) is 1. The van der Waals surface area contributed by atoms with E-state index in [9.17, 15) is 4.79 Å². The summed E-state index contributed by atoms with van der Waals surface area (Å²) in [6, 6.07) is 10.5. The average Bonchev–Trinajstić information content (AvgIpc) is 3.24. The van der Waals surface area contributed by atoms with Crippen LogP contribution in [-0.2, 0) is 14.3 Å². The molecule has 0 spiro atoms. The molecule has 0 unspecified atom stereocenters. The summed E-state index contributed by atoms with van der Waals surface area (Å²) in [6.45, 7) is 4.03. The maximum Gasteiger partial charge on any atom is 0.251 e. The van der Waals surface area contributed by atoms with Gasteiger partial charge in [0.25, 0.3) is 5.91 Å². The number of carbonyl (C=O) groups excluding carboxylic acids is 1. The van der Waals surface area contributed by atoms with Gasteiger partial charge in [-0.1, -0.05) is 30.3 Å². The number of carbonyl (C=O) groups is 1. The van der Waals surface area contributed by atoms with E-state index in [1.807, 2.05) is 30.0 Å². The van der Waals surface area contributed by atoms with E-state index < -0.39 is 6.10 Å². The van der Waals surface area contributed by atoms with Gasteiger partial charge in [-0.25, -0.2) is 0 Å². The van der Waals surface area contributed by atoms with Gasteiger partial charge in [-0.2, -0.15) is 0 Å². The first-order valence-corrected chi connectivity index (χ1v) is 8.34. The predicted octanol–water partition coefficient (Wildman–Crippen LogP) is 2.93. The summed E-state index contributed by atoms with van der Waals surface area (Å²) in [5, 5.41) is 0. The second kappa shape index (κ2) is 7.25. The largest absolute Gasteiger partial charge is 0.376 e. The molecule has 0 aliphatic carbocycles. The van der Waals surface area contributed by atoms with Gasteiger partial charge in [0, 0.05) is 13.2 Å². The Bertz CT molecular complexity index is 484. The fraction of sp³-hybridized carbons (Fsp3) is 0.611. The molecule has 3 atom stereocenters. The average molecular weight is 303 g/mol. The van der Waals surface area contributed by atoms with E-state index in [0.29, 0.717) is 6.61 Å². The summed E-state index contributed by atoms with van der Waals surface area (Å²) < 4.78 is 11.3. The summed E-state index contributed by atoms with van der Waals surface area (Å²) in [7, 11) is 0. The molecule has 4 heteroatoms. The molecule has 4 nitrogen and oxygen atoms in total. The molecule has 2 saturated heterocycles. The van der Waals surface area contributed by atoms with Crippen LogP contribution in [0.25, 0.3) is 0 Å². The minimum absolute atomic E-state index is 0.101. The molecule has 2 aliphatic rings. The monoisotopic (exact) mass is 303 g/mol. The van der Waals surface area contributed by atoms with E-state index in [-0.39, 0.29) is 18.1 Å². The Morgan fingerprint density at radius 2 is 2.14 bits per heavy atom. The Balaban J connectivity index is 1.58. The lowest BCUT2D eigenvalue weighted by Crippen LogP contribution is -2.39. The van der Waals surface area contributed by atoms with Crippen LogP contribution in [0.15, 0.2) is 30.3 Å². The topological polar surface area (TPSA) is 38.8 Å². The first-order valence-electron chi connectivity index (χ1n) is 8.34. The highest BCUT2D eigenvalue weighted by atomic mass is 16.5. The summed E-state index contributed by atoms with van der Waals surface area (Å²) in [5.41, 5.74) is 1.22. The zero-order chi connectivity index (χ0) is 15.4. The van der Waals surface area contributed by atoms with E-state index in [2.05, 4.69) is 12.1 Å². The van der Waals surface area contributed by atoms with Gasteiger partial charge >= 0.3 is 0 Å². The van der Waals surface area contributed by atoms with Crippen molar-refractivity contribution in [2.75, 3.05) is 19.8 Å². The Labute approximate surface area is 132 Å². The summed E-state index contributed by atoms with van der Waals surface area (Å²) >= 11 is 0. The summed E-state index contributed by atoms with van der Waals surface area (Å²) in [6.07, 6.45) is 4.00. The molecule has 2 aliphatic heterocycles. The van der Waals surface area contributed by atoms with Crippen molar-refractivity contribution in [3.8, 4) is 0 Å². The molecular weight excluding hydrogens is 278 g/mol. The lowest BCUT2D eigenvalue weighted by Gasteiger charge is -2.28. The van der Waals surface area contributed by atoms with E-state index >= 15 is 0 Å². The molecular formula is C18H25NO3. The number of ether oxygens (including phenoxy) is 2. The molecule has 22 heavy (non-hydrogen) atoms. The number of amides is 1. The lowest BCUT2D eigenvalue weighted by atomic mass is 10.0. The van der Waals surface area contributed by atoms with Crippen LogP contribution < -0.4 is 0 Å². The molecule has 1 aromatic carbocycles. The molecule has 2 fully saturated rings. The molecule has 1 amide bonds. The number of benzene rings is 1. The lowest BCUT2D eigenvalue weighted by molar-refractivity contribution is -0.145. The van der Waals surface area contributed by atoms with Crippen molar-refractivity contribution in [2.24, 2.45) is 0 Å². The van der Waals surface area contributed by atoms with Crippen LogP contribution in [0.1, 0.15) is 44.2 Å². The molecule has 0 N–H and O–H groups in total. The zero-order valence-corrected chi connectivity index (χ0v) is 13.2. The van der Waals surface area contributed by atoms with Crippen molar-refractivity contribution < 1.29 is 14.3 Å². The van der Waals surface area contributed by atoms with E-state index in [1.54, 1.807) is 0 Å². The molecule has 120 valence electrons. The van der Waals surface area contributed by atoms with Gasteiger partial charge in [0.2, 0.25) is 0 Å². The van der Waals surface area contributed by atoms with Crippen molar-refractivity contribution in [3.05, 3.63) is 35.9 Å². The molecule has 0 bridgehead atoms. The Morgan fingerprint density at radius 1 is 1.32 bits per heavy atom. The van der Waals surface area contributed by atoms with Crippen molar-refractivity contribution in [3.63, 3.8) is 0 Å². The van der Waals surface area contributed by atoms with E-state index in [4.69, 9.17) is 9.47 Å². The first kappa shape index (κ1) is 15.5. The van der Waals surface area contributed by atoms with E-state index in [0.717, 1.165) is 38.8 Å². The highest BCUT2D eigenvalue weighted by Gasteiger charge is 2.33. The Hall–Kier alpha value is -1.39. The second-order valence-corrected chi connectivity index (χ2v) is 6.21. The number of hydrogen-bond acceptors (Lipinski definition) is 3. The molecule has 0 saturated carbocycles. The van der Waals surface area contributed by atoms with Crippen molar-refractivity contribution >= 4 is 5.91 Å². The summed E-state index contributed by atoms with van der Waals surface area (Å²) in [4.78, 5) is 14.7. The van der Waals surface area contributed by atoms with Crippen LogP contribution in [0.2, 0.25) is 0 Å². The minimum Gasteiger partial charge on any atom is -0.376 e. The van der Waals surface area contributed by atoms with Crippen LogP contribution in [-0.4, -0.2) is 42.8 Å². The number of nitrogens with zero attached hydrogens (tertiary/aromatic N) is 1. The zero-order valence-electron chi connectivity index (χ0n) is 13.2. The van der Waals surface area contributed by atoms with Crippen molar-refractivity contribution in [1.82, 2.24) is 4.90 Å². The van der Waals surface area contributed by atoms with Crippen LogP contribution in [0, 0.1) is 0 Å². The fourth-order valence-corrected chi connectivity index (χ4v) is 3.38. The third-order valence-electron chi connectivity index (χ3n) is 4.62.